The number of aryl methyl sites for hydroxylation is 1. The number of nitrogens with zero attached hydrogens (tertiary/aromatic N) is 4. The second-order valence-electron chi connectivity index (χ2n) is 5.37. The summed E-state index contributed by atoms with van der Waals surface area (Å²) in [5.74, 6) is 0.656. The summed E-state index contributed by atoms with van der Waals surface area (Å²) < 4.78 is 1.91. The lowest BCUT2D eigenvalue weighted by Gasteiger charge is -2.10. The largest absolute Gasteiger partial charge is 0.305 e. The SMILES string of the molecule is Cc1nc(SCc2cn3cc(Cl)ccc3n2)c(C#N)c(C)c1C. The summed E-state index contributed by atoms with van der Waals surface area (Å²) in [6, 6.07) is 5.98. The molecular formula is C17H15ClN4S. The van der Waals surface area contributed by atoms with Gasteiger partial charge in [0.25, 0.3) is 0 Å². The molecule has 0 saturated heterocycles. The first kappa shape index (κ1) is 15.9. The van der Waals surface area contributed by atoms with Crippen LogP contribution in [0, 0.1) is 32.1 Å². The van der Waals surface area contributed by atoms with Crippen molar-refractivity contribution in [1.29, 1.82) is 5.26 Å². The van der Waals surface area contributed by atoms with Gasteiger partial charge in [0.15, 0.2) is 0 Å². The first-order chi connectivity index (χ1) is 11.0. The van der Waals surface area contributed by atoms with Gasteiger partial charge < -0.3 is 4.40 Å². The number of pyridine rings is 2. The number of imidazole rings is 1. The molecule has 0 spiro atoms. The molecule has 6 heteroatoms. The summed E-state index contributed by atoms with van der Waals surface area (Å²) in [7, 11) is 0. The molecule has 3 aromatic rings. The molecular weight excluding hydrogens is 328 g/mol. The predicted molar refractivity (Wildman–Crippen MR) is 92.9 cm³/mol. The maximum absolute atomic E-state index is 9.42. The molecule has 0 fully saturated rings. The normalized spacial score (nSPS) is 10.9. The van der Waals surface area contributed by atoms with E-state index in [0.29, 0.717) is 16.3 Å². The number of thioether (sulfide) groups is 1. The average Bonchev–Trinajstić information content (AvgIpc) is 2.92. The van der Waals surface area contributed by atoms with Crippen molar-refractivity contribution in [3.05, 3.63) is 57.6 Å². The minimum absolute atomic E-state index is 0.656. The molecule has 3 heterocycles. The molecule has 23 heavy (non-hydrogen) atoms. The third kappa shape index (κ3) is 3.05. The Morgan fingerprint density at radius 2 is 1.96 bits per heavy atom. The molecule has 4 nitrogen and oxygen atoms in total. The van der Waals surface area contributed by atoms with Crippen molar-refractivity contribution in [2.24, 2.45) is 0 Å². The van der Waals surface area contributed by atoms with Gasteiger partial charge in [0.1, 0.15) is 16.7 Å². The average molecular weight is 343 g/mol. The first-order valence-corrected chi connectivity index (χ1v) is 8.49. The Hall–Kier alpha value is -2.03. The van der Waals surface area contributed by atoms with Gasteiger partial charge in [-0.2, -0.15) is 5.26 Å². The van der Waals surface area contributed by atoms with Crippen molar-refractivity contribution in [1.82, 2.24) is 14.4 Å². The number of hydrogen-bond donors (Lipinski definition) is 0. The Morgan fingerprint density at radius 1 is 1.17 bits per heavy atom. The molecule has 0 aliphatic carbocycles. The zero-order valence-corrected chi connectivity index (χ0v) is 14.7. The lowest BCUT2D eigenvalue weighted by molar-refractivity contribution is 0.997. The molecule has 3 aromatic heterocycles. The summed E-state index contributed by atoms with van der Waals surface area (Å²) in [5.41, 5.74) is 5.49. The number of nitriles is 1. The first-order valence-electron chi connectivity index (χ1n) is 7.13. The molecule has 0 amide bonds. The van der Waals surface area contributed by atoms with E-state index >= 15 is 0 Å². The highest BCUT2D eigenvalue weighted by molar-refractivity contribution is 7.98. The Labute approximate surface area is 144 Å². The van der Waals surface area contributed by atoms with E-state index in [-0.39, 0.29) is 0 Å². The minimum Gasteiger partial charge on any atom is -0.305 e. The molecule has 0 aromatic carbocycles. The van der Waals surface area contributed by atoms with E-state index in [1.807, 2.05) is 49.7 Å². The van der Waals surface area contributed by atoms with Crippen LogP contribution in [0.1, 0.15) is 28.1 Å². The lowest BCUT2D eigenvalue weighted by atomic mass is 10.1. The van der Waals surface area contributed by atoms with Crippen LogP contribution in [0.25, 0.3) is 5.65 Å². The third-order valence-electron chi connectivity index (χ3n) is 3.90. The minimum atomic E-state index is 0.656. The van der Waals surface area contributed by atoms with E-state index in [0.717, 1.165) is 33.2 Å². The predicted octanol–water partition coefficient (Wildman–Crippen LogP) is 4.47. The number of hydrogen-bond acceptors (Lipinski definition) is 4. The Morgan fingerprint density at radius 3 is 2.70 bits per heavy atom. The summed E-state index contributed by atoms with van der Waals surface area (Å²) in [4.78, 5) is 9.13. The van der Waals surface area contributed by atoms with E-state index in [1.165, 1.54) is 11.8 Å². The molecule has 0 radical (unpaired) electrons. The molecule has 0 bridgehead atoms. The number of aromatic nitrogens is 3. The number of halogens is 1. The zero-order valence-electron chi connectivity index (χ0n) is 13.1. The van der Waals surface area contributed by atoms with Crippen LogP contribution in [0.4, 0.5) is 0 Å². The second-order valence-corrected chi connectivity index (χ2v) is 6.77. The van der Waals surface area contributed by atoms with E-state index in [4.69, 9.17) is 11.6 Å². The van der Waals surface area contributed by atoms with Gasteiger partial charge >= 0.3 is 0 Å². The fourth-order valence-electron chi connectivity index (χ4n) is 2.38. The van der Waals surface area contributed by atoms with Gasteiger partial charge in [0, 0.05) is 23.8 Å². The van der Waals surface area contributed by atoms with Crippen LogP contribution in [0.15, 0.2) is 29.6 Å². The van der Waals surface area contributed by atoms with Crippen LogP contribution < -0.4 is 0 Å². The fourth-order valence-corrected chi connectivity index (χ4v) is 3.51. The number of rotatable bonds is 3. The third-order valence-corrected chi connectivity index (χ3v) is 5.13. The molecule has 0 aliphatic rings. The van der Waals surface area contributed by atoms with Crippen LogP contribution in [-0.2, 0) is 5.75 Å². The van der Waals surface area contributed by atoms with Crippen molar-refractivity contribution < 1.29 is 0 Å². The van der Waals surface area contributed by atoms with Crippen molar-refractivity contribution in [2.75, 3.05) is 0 Å². The molecule has 0 aliphatic heterocycles. The highest BCUT2D eigenvalue weighted by Crippen LogP contribution is 2.28. The van der Waals surface area contributed by atoms with Gasteiger partial charge in [-0.1, -0.05) is 23.4 Å². The van der Waals surface area contributed by atoms with Crippen LogP contribution >= 0.6 is 23.4 Å². The fraction of sp³-hybridized carbons (Fsp3) is 0.235. The van der Waals surface area contributed by atoms with Crippen LogP contribution in [-0.4, -0.2) is 14.4 Å². The Kier molecular flexibility index (Phi) is 4.29. The summed E-state index contributed by atoms with van der Waals surface area (Å²) in [5, 5.41) is 10.9. The van der Waals surface area contributed by atoms with Crippen molar-refractivity contribution in [3.8, 4) is 6.07 Å². The highest BCUT2D eigenvalue weighted by atomic mass is 35.5. The Balaban J connectivity index is 1.89. The van der Waals surface area contributed by atoms with Gasteiger partial charge in [-0.15, -0.1) is 0 Å². The van der Waals surface area contributed by atoms with E-state index < -0.39 is 0 Å². The van der Waals surface area contributed by atoms with Crippen molar-refractivity contribution in [3.63, 3.8) is 0 Å². The molecule has 0 unspecified atom stereocenters. The van der Waals surface area contributed by atoms with Crippen molar-refractivity contribution >= 4 is 29.0 Å². The maximum Gasteiger partial charge on any atom is 0.137 e. The van der Waals surface area contributed by atoms with E-state index in [2.05, 4.69) is 16.0 Å². The van der Waals surface area contributed by atoms with Gasteiger partial charge in [-0.05, 0) is 44.0 Å². The Bertz CT molecular complexity index is 940. The highest BCUT2D eigenvalue weighted by Gasteiger charge is 2.13. The van der Waals surface area contributed by atoms with Crippen LogP contribution in [0.2, 0.25) is 5.02 Å². The smallest absolute Gasteiger partial charge is 0.137 e. The molecule has 0 saturated carbocycles. The van der Waals surface area contributed by atoms with Gasteiger partial charge in [-0.25, -0.2) is 9.97 Å². The molecule has 3 rings (SSSR count). The second kappa shape index (κ2) is 6.23. The standard InChI is InChI=1S/C17H15ClN4S/c1-10-11(2)15(6-19)17(20-12(10)3)23-9-14-8-22-7-13(18)4-5-16(22)21-14/h4-5,7-8H,9H2,1-3H3. The topological polar surface area (TPSA) is 54.0 Å². The maximum atomic E-state index is 9.42. The molecule has 0 N–H and O–H groups in total. The van der Waals surface area contributed by atoms with Crippen LogP contribution in [0.5, 0.6) is 0 Å². The summed E-state index contributed by atoms with van der Waals surface area (Å²) in [6.07, 6.45) is 3.78. The molecule has 116 valence electrons. The number of fused-ring (bicyclic) bond motifs is 1. The summed E-state index contributed by atoms with van der Waals surface area (Å²) >= 11 is 7.53. The lowest BCUT2D eigenvalue weighted by Crippen LogP contribution is -1.99. The van der Waals surface area contributed by atoms with Crippen molar-refractivity contribution in [2.45, 2.75) is 31.6 Å². The van der Waals surface area contributed by atoms with E-state index in [9.17, 15) is 5.26 Å². The van der Waals surface area contributed by atoms with Gasteiger partial charge in [0.2, 0.25) is 0 Å². The monoisotopic (exact) mass is 342 g/mol. The summed E-state index contributed by atoms with van der Waals surface area (Å²) in [6.45, 7) is 5.94. The van der Waals surface area contributed by atoms with Gasteiger partial charge in [-0.3, -0.25) is 0 Å². The van der Waals surface area contributed by atoms with E-state index in [1.54, 1.807) is 0 Å². The molecule has 0 atom stereocenters. The zero-order chi connectivity index (χ0) is 16.6. The van der Waals surface area contributed by atoms with Crippen LogP contribution in [0.3, 0.4) is 0 Å². The van der Waals surface area contributed by atoms with Gasteiger partial charge in [0.05, 0.1) is 16.3 Å². The quantitative estimate of drug-likeness (QED) is 0.659.